The van der Waals surface area contributed by atoms with E-state index in [1.165, 1.54) is 6.26 Å². The Labute approximate surface area is 142 Å². The highest BCUT2D eigenvalue weighted by Crippen LogP contribution is 2.25. The van der Waals surface area contributed by atoms with E-state index in [9.17, 15) is 4.79 Å². The summed E-state index contributed by atoms with van der Waals surface area (Å²) in [5.41, 5.74) is 1.45. The molecule has 0 fully saturated rings. The van der Waals surface area contributed by atoms with Crippen molar-refractivity contribution in [3.05, 3.63) is 47.0 Å². The Morgan fingerprint density at radius 2 is 2.26 bits per heavy atom. The highest BCUT2D eigenvalue weighted by atomic mass is 35.5. The van der Waals surface area contributed by atoms with Gasteiger partial charge in [-0.3, -0.25) is 0 Å². The molecule has 120 valence electrons. The molecule has 1 aromatic carbocycles. The molecule has 2 aromatic rings. The third-order valence-electron chi connectivity index (χ3n) is 3.26. The van der Waals surface area contributed by atoms with Crippen LogP contribution >= 0.6 is 23.4 Å². The third-order valence-corrected chi connectivity index (χ3v) is 4.31. The maximum absolute atomic E-state index is 11.9. The minimum atomic E-state index is -0.585. The lowest BCUT2D eigenvalue weighted by atomic mass is 10.2. The number of carbonyl (C=O) groups excluding carboxylic acids is 1. The molecule has 0 N–H and O–H groups in total. The molecule has 3 rings (SSSR count). The summed E-state index contributed by atoms with van der Waals surface area (Å²) < 4.78 is 15.4. The Balaban J connectivity index is 1.76. The second kappa shape index (κ2) is 7.10. The minimum Gasteiger partial charge on any atom is -0.493 e. The summed E-state index contributed by atoms with van der Waals surface area (Å²) in [6.45, 7) is 0.776. The number of pyridine rings is 1. The van der Waals surface area contributed by atoms with E-state index in [-0.39, 0.29) is 12.4 Å². The lowest BCUT2D eigenvalue weighted by molar-refractivity contribution is -0.145. The van der Waals surface area contributed by atoms with Crippen LogP contribution in [0.2, 0.25) is 5.15 Å². The average molecular weight is 352 g/mol. The maximum Gasteiger partial charge on any atom is 0.377 e. The molecule has 5 nitrogen and oxygen atoms in total. The summed E-state index contributed by atoms with van der Waals surface area (Å²) in [5, 5.41) is 1.26. The molecule has 1 aromatic heterocycles. The Morgan fingerprint density at radius 1 is 1.39 bits per heavy atom. The van der Waals surface area contributed by atoms with Gasteiger partial charge in [0.15, 0.2) is 0 Å². The molecule has 0 atom stereocenters. The molecule has 23 heavy (non-hydrogen) atoms. The van der Waals surface area contributed by atoms with E-state index in [0.717, 1.165) is 15.8 Å². The highest BCUT2D eigenvalue weighted by molar-refractivity contribution is 7.98. The number of hydrogen-bond donors (Lipinski definition) is 0. The zero-order valence-corrected chi connectivity index (χ0v) is 13.9. The Morgan fingerprint density at radius 3 is 3.00 bits per heavy atom. The number of esters is 1. The summed E-state index contributed by atoms with van der Waals surface area (Å²) in [6, 6.07) is 7.82. The van der Waals surface area contributed by atoms with E-state index in [0.29, 0.717) is 23.9 Å². The Kier molecular flexibility index (Phi) is 4.93. The number of benzene rings is 1. The predicted molar refractivity (Wildman–Crippen MR) is 88.3 cm³/mol. The van der Waals surface area contributed by atoms with Crippen molar-refractivity contribution in [2.75, 3.05) is 19.5 Å². The van der Waals surface area contributed by atoms with Crippen molar-refractivity contribution in [1.29, 1.82) is 0 Å². The van der Waals surface area contributed by atoms with E-state index in [1.807, 2.05) is 30.5 Å². The summed E-state index contributed by atoms with van der Waals surface area (Å²) in [4.78, 5) is 17.3. The number of hydrogen-bond acceptors (Lipinski definition) is 6. The van der Waals surface area contributed by atoms with Crippen molar-refractivity contribution in [3.8, 4) is 0 Å². The van der Waals surface area contributed by atoms with Gasteiger partial charge in [-0.15, -0.1) is 11.8 Å². The smallest absolute Gasteiger partial charge is 0.377 e. The fourth-order valence-corrected chi connectivity index (χ4v) is 2.72. The summed E-state index contributed by atoms with van der Waals surface area (Å²) in [6.07, 6.45) is 3.26. The Bertz CT molecular complexity index is 778. The molecule has 0 spiro atoms. The molecule has 2 heterocycles. The van der Waals surface area contributed by atoms with Gasteiger partial charge in [-0.2, -0.15) is 0 Å². The van der Waals surface area contributed by atoms with Crippen molar-refractivity contribution in [1.82, 2.24) is 4.98 Å². The van der Waals surface area contributed by atoms with Crippen molar-refractivity contribution >= 4 is 40.2 Å². The second-order valence-electron chi connectivity index (χ2n) is 4.77. The quantitative estimate of drug-likeness (QED) is 0.477. The van der Waals surface area contributed by atoms with E-state index in [2.05, 4.69) is 4.98 Å². The first-order valence-corrected chi connectivity index (χ1v) is 8.52. The van der Waals surface area contributed by atoms with Crippen LogP contribution in [0.1, 0.15) is 5.56 Å². The standard InChI is InChI=1S/C16H14ClNO4S/c1-23-12-3-2-10-6-11(15(17)18-13(10)7-12)8-22-16(19)14-9-20-4-5-21-14/h2-3,6-7,9H,4-5,8H2,1H3. The molecule has 0 unspecified atom stereocenters. The molecular formula is C16H14ClNO4S. The van der Waals surface area contributed by atoms with E-state index in [4.69, 9.17) is 25.8 Å². The zero-order valence-electron chi connectivity index (χ0n) is 12.4. The van der Waals surface area contributed by atoms with Crippen LogP contribution in [0.3, 0.4) is 0 Å². The average Bonchev–Trinajstić information content (AvgIpc) is 2.60. The van der Waals surface area contributed by atoms with Crippen LogP contribution in [0.25, 0.3) is 10.9 Å². The van der Waals surface area contributed by atoms with Crippen molar-refractivity contribution in [3.63, 3.8) is 0 Å². The van der Waals surface area contributed by atoms with Gasteiger partial charge < -0.3 is 14.2 Å². The van der Waals surface area contributed by atoms with Gasteiger partial charge in [-0.05, 0) is 24.5 Å². The Hall–Kier alpha value is -1.92. The van der Waals surface area contributed by atoms with Gasteiger partial charge in [0.2, 0.25) is 5.76 Å². The molecule has 0 radical (unpaired) electrons. The van der Waals surface area contributed by atoms with E-state index < -0.39 is 5.97 Å². The zero-order chi connectivity index (χ0) is 16.2. The number of nitrogens with zero attached hydrogens (tertiary/aromatic N) is 1. The fourth-order valence-electron chi connectivity index (χ4n) is 2.09. The molecule has 0 amide bonds. The molecule has 1 aliphatic heterocycles. The molecule has 0 saturated carbocycles. The van der Waals surface area contributed by atoms with Gasteiger partial charge in [0, 0.05) is 15.8 Å². The molecule has 7 heteroatoms. The van der Waals surface area contributed by atoms with Crippen molar-refractivity contribution in [2.45, 2.75) is 11.5 Å². The lowest BCUT2D eigenvalue weighted by Gasteiger charge is -2.14. The molecule has 0 aliphatic carbocycles. The topological polar surface area (TPSA) is 57.7 Å². The summed E-state index contributed by atoms with van der Waals surface area (Å²) in [7, 11) is 0. The fraction of sp³-hybridized carbons (Fsp3) is 0.250. The number of carbonyl (C=O) groups is 1. The molecule has 1 aliphatic rings. The summed E-state index contributed by atoms with van der Waals surface area (Å²) in [5.74, 6) is -0.524. The van der Waals surface area contributed by atoms with E-state index in [1.54, 1.807) is 11.8 Å². The van der Waals surface area contributed by atoms with Crippen molar-refractivity contribution in [2.24, 2.45) is 0 Å². The van der Waals surface area contributed by atoms with Gasteiger partial charge in [0.05, 0.1) is 5.52 Å². The summed E-state index contributed by atoms with van der Waals surface area (Å²) >= 11 is 7.83. The van der Waals surface area contributed by atoms with Gasteiger partial charge >= 0.3 is 5.97 Å². The van der Waals surface area contributed by atoms with E-state index >= 15 is 0 Å². The van der Waals surface area contributed by atoms with Gasteiger partial charge in [-0.25, -0.2) is 9.78 Å². The van der Waals surface area contributed by atoms with Crippen LogP contribution in [0.4, 0.5) is 0 Å². The minimum absolute atomic E-state index is 0.0194. The largest absolute Gasteiger partial charge is 0.493 e. The van der Waals surface area contributed by atoms with Crippen molar-refractivity contribution < 1.29 is 19.0 Å². The van der Waals surface area contributed by atoms with Crippen LogP contribution in [-0.2, 0) is 25.6 Å². The number of rotatable bonds is 4. The van der Waals surface area contributed by atoms with Crippen LogP contribution in [0.15, 0.2) is 41.2 Å². The molecule has 0 saturated heterocycles. The monoisotopic (exact) mass is 351 g/mol. The second-order valence-corrected chi connectivity index (χ2v) is 6.01. The molecular weight excluding hydrogens is 338 g/mol. The van der Waals surface area contributed by atoms with Gasteiger partial charge in [-0.1, -0.05) is 17.7 Å². The first-order valence-electron chi connectivity index (χ1n) is 6.92. The first-order chi connectivity index (χ1) is 11.2. The van der Waals surface area contributed by atoms with Gasteiger partial charge in [0.25, 0.3) is 0 Å². The highest BCUT2D eigenvalue weighted by Gasteiger charge is 2.17. The lowest BCUT2D eigenvalue weighted by Crippen LogP contribution is -2.17. The number of ether oxygens (including phenoxy) is 3. The number of aromatic nitrogens is 1. The third kappa shape index (κ3) is 3.71. The first kappa shape index (κ1) is 16.0. The maximum atomic E-state index is 11.9. The van der Waals surface area contributed by atoms with Crippen LogP contribution in [0.5, 0.6) is 0 Å². The number of halogens is 1. The van der Waals surface area contributed by atoms with Crippen LogP contribution < -0.4 is 0 Å². The normalized spacial score (nSPS) is 13.9. The van der Waals surface area contributed by atoms with Gasteiger partial charge in [0.1, 0.15) is 31.2 Å². The van der Waals surface area contributed by atoms with Crippen LogP contribution in [-0.4, -0.2) is 30.4 Å². The predicted octanol–water partition coefficient (Wildman–Crippen LogP) is 3.54. The number of thioether (sulfide) groups is 1. The van der Waals surface area contributed by atoms with Crippen LogP contribution in [0, 0.1) is 0 Å². The SMILES string of the molecule is CSc1ccc2cc(COC(=O)C3=COCCO3)c(Cl)nc2c1. The molecule has 0 bridgehead atoms. The number of fused-ring (bicyclic) bond motifs is 1.